The van der Waals surface area contributed by atoms with Crippen LogP contribution in [0.5, 0.6) is 0 Å². The van der Waals surface area contributed by atoms with E-state index in [2.05, 4.69) is 5.32 Å². The molecule has 1 heterocycles. The maximum Gasteiger partial charge on any atom is 0.291 e. The normalized spacial score (nSPS) is 10.6. The van der Waals surface area contributed by atoms with Crippen molar-refractivity contribution in [2.24, 2.45) is 0 Å². The van der Waals surface area contributed by atoms with E-state index in [0.29, 0.717) is 32.1 Å². The van der Waals surface area contributed by atoms with Gasteiger partial charge >= 0.3 is 0 Å². The number of furan rings is 1. The molecule has 0 aliphatic heterocycles. The first-order valence-corrected chi connectivity index (χ1v) is 7.79. The molecular formula is C17H10Cl3NO2. The summed E-state index contributed by atoms with van der Waals surface area (Å²) in [6.45, 7) is 0. The van der Waals surface area contributed by atoms with E-state index in [-0.39, 0.29) is 11.7 Å². The summed E-state index contributed by atoms with van der Waals surface area (Å²) < 4.78 is 5.58. The highest BCUT2D eigenvalue weighted by atomic mass is 35.5. The Morgan fingerprint density at radius 1 is 0.957 bits per heavy atom. The average Bonchev–Trinajstić information content (AvgIpc) is 3.00. The molecule has 0 fully saturated rings. The van der Waals surface area contributed by atoms with Crippen molar-refractivity contribution in [3.8, 4) is 11.3 Å². The Hall–Kier alpha value is -1.94. The highest BCUT2D eigenvalue weighted by Gasteiger charge is 2.15. The second kappa shape index (κ2) is 6.67. The molecule has 6 heteroatoms. The third-order valence-electron chi connectivity index (χ3n) is 3.13. The van der Waals surface area contributed by atoms with Crippen molar-refractivity contribution >= 4 is 46.4 Å². The third kappa shape index (κ3) is 3.53. The summed E-state index contributed by atoms with van der Waals surface area (Å²) in [5, 5.41) is 4.05. The Labute approximate surface area is 147 Å². The number of hydrogen-bond acceptors (Lipinski definition) is 2. The van der Waals surface area contributed by atoms with E-state index in [9.17, 15) is 4.79 Å². The van der Waals surface area contributed by atoms with Crippen molar-refractivity contribution in [3.63, 3.8) is 0 Å². The molecule has 1 amide bonds. The quantitative estimate of drug-likeness (QED) is 0.603. The van der Waals surface area contributed by atoms with Crippen molar-refractivity contribution in [1.29, 1.82) is 0 Å². The Morgan fingerprint density at radius 2 is 1.74 bits per heavy atom. The van der Waals surface area contributed by atoms with Gasteiger partial charge in [-0.3, -0.25) is 4.79 Å². The van der Waals surface area contributed by atoms with Gasteiger partial charge < -0.3 is 9.73 Å². The molecule has 23 heavy (non-hydrogen) atoms. The number of hydrogen-bond donors (Lipinski definition) is 1. The molecular weight excluding hydrogens is 357 g/mol. The van der Waals surface area contributed by atoms with Crippen LogP contribution in [-0.4, -0.2) is 5.91 Å². The molecule has 0 aliphatic rings. The van der Waals surface area contributed by atoms with Gasteiger partial charge in [0.2, 0.25) is 0 Å². The fraction of sp³-hybridized carbons (Fsp3) is 0. The minimum Gasteiger partial charge on any atom is -0.451 e. The first-order valence-electron chi connectivity index (χ1n) is 6.66. The van der Waals surface area contributed by atoms with E-state index in [1.54, 1.807) is 54.6 Å². The molecule has 0 spiro atoms. The Balaban J connectivity index is 1.84. The first kappa shape index (κ1) is 15.9. The van der Waals surface area contributed by atoms with E-state index in [4.69, 9.17) is 39.2 Å². The Bertz CT molecular complexity index is 874. The van der Waals surface area contributed by atoms with Crippen LogP contribution in [-0.2, 0) is 0 Å². The van der Waals surface area contributed by atoms with Crippen LogP contribution in [0.4, 0.5) is 5.69 Å². The summed E-state index contributed by atoms with van der Waals surface area (Å²) in [5.41, 5.74) is 1.21. The fourth-order valence-electron chi connectivity index (χ4n) is 2.06. The number of carbonyl (C=O) groups is 1. The van der Waals surface area contributed by atoms with Crippen molar-refractivity contribution in [2.75, 3.05) is 5.32 Å². The van der Waals surface area contributed by atoms with Crippen LogP contribution >= 0.6 is 34.8 Å². The molecule has 0 bridgehead atoms. The van der Waals surface area contributed by atoms with Gasteiger partial charge in [-0.15, -0.1) is 0 Å². The van der Waals surface area contributed by atoms with Gasteiger partial charge in [-0.05, 0) is 42.5 Å². The van der Waals surface area contributed by atoms with Crippen LogP contribution in [0, 0.1) is 0 Å². The van der Waals surface area contributed by atoms with Gasteiger partial charge in [0.05, 0.1) is 10.0 Å². The van der Waals surface area contributed by atoms with Crippen LogP contribution in [0.15, 0.2) is 59.0 Å². The SMILES string of the molecule is O=C(Nc1cccc(Cl)c1)c1ccc(-c2cccc(Cl)c2Cl)o1. The number of amides is 1. The lowest BCUT2D eigenvalue weighted by Gasteiger charge is -2.04. The number of halogens is 3. The van der Waals surface area contributed by atoms with Gasteiger partial charge in [-0.2, -0.15) is 0 Å². The average molecular weight is 367 g/mol. The number of benzene rings is 2. The molecule has 3 rings (SSSR count). The minimum atomic E-state index is -0.378. The van der Waals surface area contributed by atoms with Crippen LogP contribution in [0.2, 0.25) is 15.1 Å². The lowest BCUT2D eigenvalue weighted by Crippen LogP contribution is -2.10. The molecule has 116 valence electrons. The van der Waals surface area contributed by atoms with Gasteiger partial charge in [0.1, 0.15) is 5.76 Å². The first-order chi connectivity index (χ1) is 11.0. The number of carbonyl (C=O) groups excluding carboxylic acids is 1. The predicted octanol–water partition coefficient (Wildman–Crippen LogP) is 6.16. The summed E-state index contributed by atoms with van der Waals surface area (Å²) in [4.78, 5) is 12.2. The van der Waals surface area contributed by atoms with Crippen LogP contribution < -0.4 is 5.32 Å². The molecule has 1 N–H and O–H groups in total. The van der Waals surface area contributed by atoms with E-state index < -0.39 is 0 Å². The zero-order chi connectivity index (χ0) is 16.4. The smallest absolute Gasteiger partial charge is 0.291 e. The van der Waals surface area contributed by atoms with Crippen LogP contribution in [0.1, 0.15) is 10.6 Å². The molecule has 2 aromatic carbocycles. The summed E-state index contributed by atoms with van der Waals surface area (Å²) in [6, 6.07) is 15.3. The van der Waals surface area contributed by atoms with Crippen LogP contribution in [0.25, 0.3) is 11.3 Å². The molecule has 0 unspecified atom stereocenters. The highest BCUT2D eigenvalue weighted by Crippen LogP contribution is 2.34. The number of nitrogens with one attached hydrogen (secondary N) is 1. The molecule has 0 saturated carbocycles. The number of anilines is 1. The zero-order valence-electron chi connectivity index (χ0n) is 11.6. The second-order valence-electron chi connectivity index (χ2n) is 4.73. The number of rotatable bonds is 3. The van der Waals surface area contributed by atoms with Crippen LogP contribution in [0.3, 0.4) is 0 Å². The maximum absolute atomic E-state index is 12.2. The zero-order valence-corrected chi connectivity index (χ0v) is 13.9. The van der Waals surface area contributed by atoms with E-state index in [0.717, 1.165) is 0 Å². The summed E-state index contributed by atoms with van der Waals surface area (Å²) in [7, 11) is 0. The maximum atomic E-state index is 12.2. The molecule has 3 nitrogen and oxygen atoms in total. The fourth-order valence-corrected chi connectivity index (χ4v) is 2.64. The molecule has 3 aromatic rings. The van der Waals surface area contributed by atoms with Crippen molar-refractivity contribution in [2.45, 2.75) is 0 Å². The molecule has 1 aromatic heterocycles. The van der Waals surface area contributed by atoms with Crippen molar-refractivity contribution in [3.05, 3.63) is 75.4 Å². The minimum absolute atomic E-state index is 0.163. The van der Waals surface area contributed by atoms with Crippen molar-refractivity contribution < 1.29 is 9.21 Å². The molecule has 0 saturated heterocycles. The largest absolute Gasteiger partial charge is 0.451 e. The molecule has 0 radical (unpaired) electrons. The van der Waals surface area contributed by atoms with Gasteiger partial charge in [0.25, 0.3) is 5.91 Å². The van der Waals surface area contributed by atoms with Gasteiger partial charge in [-0.25, -0.2) is 0 Å². The van der Waals surface area contributed by atoms with E-state index in [1.807, 2.05) is 0 Å². The lowest BCUT2D eigenvalue weighted by atomic mass is 10.2. The van der Waals surface area contributed by atoms with E-state index in [1.165, 1.54) is 0 Å². The lowest BCUT2D eigenvalue weighted by molar-refractivity contribution is 0.0997. The highest BCUT2D eigenvalue weighted by molar-refractivity contribution is 6.43. The monoisotopic (exact) mass is 365 g/mol. The molecule has 0 aliphatic carbocycles. The summed E-state index contributed by atoms with van der Waals surface area (Å²) >= 11 is 18.0. The van der Waals surface area contributed by atoms with Gasteiger partial charge in [-0.1, -0.05) is 46.9 Å². The molecule has 0 atom stereocenters. The van der Waals surface area contributed by atoms with E-state index >= 15 is 0 Å². The summed E-state index contributed by atoms with van der Waals surface area (Å²) in [5.74, 6) is 0.251. The Kier molecular flexibility index (Phi) is 4.62. The van der Waals surface area contributed by atoms with Gasteiger partial charge in [0, 0.05) is 16.3 Å². The van der Waals surface area contributed by atoms with Crippen molar-refractivity contribution in [1.82, 2.24) is 0 Å². The van der Waals surface area contributed by atoms with Gasteiger partial charge in [0.15, 0.2) is 5.76 Å². The second-order valence-corrected chi connectivity index (χ2v) is 5.95. The standard InChI is InChI=1S/C17H10Cl3NO2/c18-10-3-1-4-11(9-10)21-17(22)15-8-7-14(23-15)12-5-2-6-13(19)16(12)20/h1-9H,(H,21,22). The topological polar surface area (TPSA) is 42.2 Å². The third-order valence-corrected chi connectivity index (χ3v) is 4.18. The predicted molar refractivity (Wildman–Crippen MR) is 93.6 cm³/mol. The summed E-state index contributed by atoms with van der Waals surface area (Å²) in [6.07, 6.45) is 0. The Morgan fingerprint density at radius 3 is 2.52 bits per heavy atom.